The number of aliphatic hydroxyl groups is 2. The van der Waals surface area contributed by atoms with Crippen molar-refractivity contribution >= 4 is 11.9 Å². The summed E-state index contributed by atoms with van der Waals surface area (Å²) in [6.45, 7) is 2.01. The summed E-state index contributed by atoms with van der Waals surface area (Å²) in [5.41, 5.74) is 23.3. The van der Waals surface area contributed by atoms with Crippen molar-refractivity contribution in [1.29, 1.82) is 0 Å². The molecule has 0 aromatic rings. The van der Waals surface area contributed by atoms with Gasteiger partial charge in [0.1, 0.15) is 18.2 Å². The van der Waals surface area contributed by atoms with Crippen molar-refractivity contribution in [2.75, 3.05) is 20.1 Å². The van der Waals surface area contributed by atoms with Crippen molar-refractivity contribution in [3.05, 3.63) is 0 Å². The maximum Gasteiger partial charge on any atom is 0.320 e. The number of ether oxygens (including phenoxy) is 2. The smallest absolute Gasteiger partial charge is 0.320 e. The van der Waals surface area contributed by atoms with Crippen molar-refractivity contribution in [2.24, 2.45) is 22.9 Å². The van der Waals surface area contributed by atoms with Crippen LogP contribution in [0.5, 0.6) is 0 Å². The lowest BCUT2D eigenvalue weighted by atomic mass is 9.83. The Bertz CT molecular complexity index is 687. The number of nitrogens with two attached hydrogens (primary N) is 4. The zero-order valence-corrected chi connectivity index (χ0v) is 20.7. The number of rotatable bonds is 12. The summed E-state index contributed by atoms with van der Waals surface area (Å²) in [6, 6.07) is -3.36. The molecular formula is C22H44N6O7. The lowest BCUT2D eigenvalue weighted by molar-refractivity contribution is -0.260. The number of amides is 1. The SMILES string of the molecule is CC(N)C1CCC(NC(CCCCN)C(=O)O)C(OC2C(N)CC(O)C(N(C)C(=O)CN)C2O)O1. The van der Waals surface area contributed by atoms with Gasteiger partial charge in [0, 0.05) is 19.1 Å². The second kappa shape index (κ2) is 13.8. The average Bonchev–Trinajstić information content (AvgIpc) is 2.80. The number of likely N-dealkylation sites (N-methyl/N-ethyl adjacent to an activating group) is 1. The number of carbonyl (C=O) groups excluding carboxylic acids is 1. The molecule has 13 nitrogen and oxygen atoms in total. The summed E-state index contributed by atoms with van der Waals surface area (Å²) in [7, 11) is 1.45. The quantitative estimate of drug-likeness (QED) is 0.124. The predicted molar refractivity (Wildman–Crippen MR) is 128 cm³/mol. The van der Waals surface area contributed by atoms with Gasteiger partial charge in [-0.05, 0) is 45.6 Å². The van der Waals surface area contributed by atoms with Crippen LogP contribution in [0, 0.1) is 0 Å². The highest BCUT2D eigenvalue weighted by molar-refractivity contribution is 5.78. The van der Waals surface area contributed by atoms with E-state index in [0.29, 0.717) is 38.6 Å². The number of nitrogens with zero attached hydrogens (tertiary/aromatic N) is 1. The highest BCUT2D eigenvalue weighted by atomic mass is 16.7. The van der Waals surface area contributed by atoms with E-state index in [1.54, 1.807) is 0 Å². The zero-order valence-electron chi connectivity index (χ0n) is 20.7. The third-order valence-electron chi connectivity index (χ3n) is 6.97. The maximum atomic E-state index is 12.1. The molecule has 204 valence electrons. The van der Waals surface area contributed by atoms with Crippen LogP contribution in [-0.2, 0) is 19.1 Å². The molecule has 0 bridgehead atoms. The number of nitrogens with one attached hydrogen (secondary N) is 1. The number of unbranched alkanes of at least 4 members (excludes halogenated alkanes) is 1. The fourth-order valence-corrected chi connectivity index (χ4v) is 4.88. The minimum absolute atomic E-state index is 0.0763. The predicted octanol–water partition coefficient (Wildman–Crippen LogP) is -3.00. The van der Waals surface area contributed by atoms with E-state index in [9.17, 15) is 24.9 Å². The second-order valence-electron chi connectivity index (χ2n) is 9.69. The summed E-state index contributed by atoms with van der Waals surface area (Å²) in [5, 5.41) is 34.5. The number of aliphatic carboxylic acids is 1. The number of hydrogen-bond donors (Lipinski definition) is 8. The number of carboxylic acids is 1. The molecule has 10 unspecified atom stereocenters. The Morgan fingerprint density at radius 2 is 1.91 bits per heavy atom. The molecule has 0 radical (unpaired) electrons. The Balaban J connectivity index is 2.22. The fourth-order valence-electron chi connectivity index (χ4n) is 4.88. The first-order valence-electron chi connectivity index (χ1n) is 12.3. The highest BCUT2D eigenvalue weighted by Gasteiger charge is 2.48. The van der Waals surface area contributed by atoms with Gasteiger partial charge in [-0.25, -0.2) is 0 Å². The Kier molecular flexibility index (Phi) is 11.7. The summed E-state index contributed by atoms with van der Waals surface area (Å²) in [5.74, 6) is -1.44. The standard InChI is InChI=1S/C22H44N6O7/c1-11(25)16-7-6-14(27-13(21(32)33)5-3-4-8-23)22(34-16)35-20-12(26)9-15(29)18(19(20)31)28(2)17(30)10-24/h11-16,18-20,22,27,29,31H,3-10,23-26H2,1-2H3,(H,32,33). The molecular weight excluding hydrogens is 460 g/mol. The summed E-state index contributed by atoms with van der Waals surface area (Å²) in [6.07, 6.45) is -1.72. The van der Waals surface area contributed by atoms with Crippen molar-refractivity contribution < 1.29 is 34.4 Å². The molecule has 13 heteroatoms. The van der Waals surface area contributed by atoms with E-state index in [4.69, 9.17) is 32.4 Å². The Morgan fingerprint density at radius 3 is 2.49 bits per heavy atom. The molecule has 2 aliphatic rings. The van der Waals surface area contributed by atoms with Crippen molar-refractivity contribution in [1.82, 2.24) is 10.2 Å². The molecule has 1 saturated carbocycles. The number of aliphatic hydroxyl groups excluding tert-OH is 2. The van der Waals surface area contributed by atoms with Crippen LogP contribution in [0.15, 0.2) is 0 Å². The van der Waals surface area contributed by atoms with Gasteiger partial charge in [0.15, 0.2) is 6.29 Å². The zero-order chi connectivity index (χ0) is 26.3. The third-order valence-corrected chi connectivity index (χ3v) is 6.97. The highest BCUT2D eigenvalue weighted by Crippen LogP contribution is 2.30. The van der Waals surface area contributed by atoms with Crippen molar-refractivity contribution in [3.63, 3.8) is 0 Å². The van der Waals surface area contributed by atoms with Crippen molar-refractivity contribution in [2.45, 2.75) is 106 Å². The van der Waals surface area contributed by atoms with E-state index >= 15 is 0 Å². The molecule has 1 amide bonds. The molecule has 1 saturated heterocycles. The van der Waals surface area contributed by atoms with Crippen LogP contribution in [-0.4, -0.2) is 113 Å². The summed E-state index contributed by atoms with van der Waals surface area (Å²) in [4.78, 5) is 25.2. The molecule has 1 aliphatic heterocycles. The average molecular weight is 505 g/mol. The molecule has 10 atom stereocenters. The van der Waals surface area contributed by atoms with Crippen LogP contribution in [0.25, 0.3) is 0 Å². The summed E-state index contributed by atoms with van der Waals surface area (Å²) >= 11 is 0. The van der Waals surface area contributed by atoms with E-state index < -0.39 is 60.6 Å². The van der Waals surface area contributed by atoms with Crippen LogP contribution in [0.1, 0.15) is 45.4 Å². The molecule has 12 N–H and O–H groups in total. The maximum absolute atomic E-state index is 12.1. The van der Waals surface area contributed by atoms with Crippen LogP contribution in [0.2, 0.25) is 0 Å². The first-order valence-corrected chi connectivity index (χ1v) is 12.3. The molecule has 2 rings (SSSR count). The second-order valence-corrected chi connectivity index (χ2v) is 9.69. The van der Waals surface area contributed by atoms with Gasteiger partial charge < -0.3 is 52.6 Å². The summed E-state index contributed by atoms with van der Waals surface area (Å²) < 4.78 is 12.3. The van der Waals surface area contributed by atoms with Gasteiger partial charge in [0.2, 0.25) is 5.91 Å². The van der Waals surface area contributed by atoms with Gasteiger partial charge in [-0.3, -0.25) is 14.9 Å². The van der Waals surface area contributed by atoms with Crippen LogP contribution in [0.4, 0.5) is 0 Å². The first kappa shape index (κ1) is 29.8. The Hall–Kier alpha value is -1.42. The molecule has 0 spiro atoms. The molecule has 0 aromatic carbocycles. The lowest BCUT2D eigenvalue weighted by Gasteiger charge is -2.47. The van der Waals surface area contributed by atoms with Gasteiger partial charge >= 0.3 is 5.97 Å². The minimum atomic E-state index is -1.32. The monoisotopic (exact) mass is 504 g/mol. The van der Waals surface area contributed by atoms with E-state index in [-0.39, 0.29) is 25.1 Å². The molecule has 35 heavy (non-hydrogen) atoms. The number of carboxylic acid groups (broad SMARTS) is 1. The van der Waals surface area contributed by atoms with Crippen LogP contribution < -0.4 is 28.3 Å². The largest absolute Gasteiger partial charge is 0.480 e. The normalized spacial score (nSPS) is 35.3. The van der Waals surface area contributed by atoms with E-state index in [2.05, 4.69) is 5.32 Å². The van der Waals surface area contributed by atoms with E-state index in [1.165, 1.54) is 11.9 Å². The molecule has 0 aromatic heterocycles. The van der Waals surface area contributed by atoms with Crippen LogP contribution >= 0.6 is 0 Å². The topological polar surface area (TPSA) is 233 Å². The van der Waals surface area contributed by atoms with Gasteiger partial charge in [-0.1, -0.05) is 6.42 Å². The first-order chi connectivity index (χ1) is 16.5. The Labute approximate surface area is 206 Å². The number of hydrogen-bond acceptors (Lipinski definition) is 11. The van der Waals surface area contributed by atoms with Gasteiger partial charge in [0.25, 0.3) is 0 Å². The minimum Gasteiger partial charge on any atom is -0.480 e. The van der Waals surface area contributed by atoms with E-state index in [0.717, 1.165) is 0 Å². The molecule has 1 heterocycles. The van der Waals surface area contributed by atoms with Gasteiger partial charge in [-0.2, -0.15) is 0 Å². The van der Waals surface area contributed by atoms with Crippen LogP contribution in [0.3, 0.4) is 0 Å². The fraction of sp³-hybridized carbons (Fsp3) is 0.909. The molecule has 1 aliphatic carbocycles. The van der Waals surface area contributed by atoms with Crippen molar-refractivity contribution in [3.8, 4) is 0 Å². The Morgan fingerprint density at radius 1 is 1.23 bits per heavy atom. The molecule has 2 fully saturated rings. The van der Waals surface area contributed by atoms with Gasteiger partial charge in [0.05, 0.1) is 30.8 Å². The van der Waals surface area contributed by atoms with E-state index in [1.807, 2.05) is 6.92 Å². The van der Waals surface area contributed by atoms with Gasteiger partial charge in [-0.15, -0.1) is 0 Å². The third kappa shape index (κ3) is 7.78. The lowest BCUT2D eigenvalue weighted by Crippen LogP contribution is -2.67. The number of carbonyl (C=O) groups is 2.